The Kier molecular flexibility index (Phi) is 7.77. The van der Waals surface area contributed by atoms with E-state index in [1.165, 1.54) is 7.11 Å². The first-order valence-corrected chi connectivity index (χ1v) is 6.71. The fraction of sp³-hybridized carbons (Fsp3) is 0.250. The molecule has 122 valence electrons. The Labute approximate surface area is 132 Å². The van der Waals surface area contributed by atoms with Crippen LogP contribution >= 0.6 is 0 Å². The van der Waals surface area contributed by atoms with Crippen LogP contribution in [0.5, 0.6) is 0 Å². The second kappa shape index (κ2) is 9.88. The first-order chi connectivity index (χ1) is 11.0. The van der Waals surface area contributed by atoms with Gasteiger partial charge in [-0.3, -0.25) is 9.59 Å². The van der Waals surface area contributed by atoms with Gasteiger partial charge in [0.05, 0.1) is 20.0 Å². The zero-order chi connectivity index (χ0) is 17.1. The smallest absolute Gasteiger partial charge is 0.331 e. The van der Waals surface area contributed by atoms with Gasteiger partial charge in [0, 0.05) is 12.2 Å². The fourth-order valence-electron chi connectivity index (χ4n) is 1.46. The third-order valence-electron chi connectivity index (χ3n) is 2.53. The minimum absolute atomic E-state index is 0.0196. The topological polar surface area (TPSA) is 96.0 Å². The molecule has 0 atom stereocenters. The third-order valence-corrected chi connectivity index (χ3v) is 2.53. The van der Waals surface area contributed by atoms with Crippen LogP contribution in [0.4, 0.5) is 0 Å². The zero-order valence-electron chi connectivity index (χ0n) is 12.5. The molecule has 0 saturated heterocycles. The van der Waals surface area contributed by atoms with Crippen molar-refractivity contribution in [3.8, 4) is 0 Å². The van der Waals surface area contributed by atoms with E-state index in [9.17, 15) is 19.2 Å². The molecule has 0 aromatic heterocycles. The highest BCUT2D eigenvalue weighted by Crippen LogP contribution is 2.01. The molecule has 1 aromatic rings. The molecule has 0 N–H and O–H groups in total. The zero-order valence-corrected chi connectivity index (χ0v) is 12.5. The lowest BCUT2D eigenvalue weighted by molar-refractivity contribution is -0.160. The Balaban J connectivity index is 2.24. The molecule has 23 heavy (non-hydrogen) atoms. The molecule has 0 aliphatic heterocycles. The SMILES string of the molecule is COC(=O)/C=C\C(=O)OCCC(=O)OC(=O)Cc1ccccc1. The minimum Gasteiger partial charge on any atom is -0.466 e. The quantitative estimate of drug-likeness (QED) is 0.319. The number of carbonyl (C=O) groups excluding carboxylic acids is 4. The molecule has 7 heteroatoms. The van der Waals surface area contributed by atoms with Crippen molar-refractivity contribution in [1.29, 1.82) is 0 Å². The van der Waals surface area contributed by atoms with E-state index in [2.05, 4.69) is 14.2 Å². The number of ether oxygens (including phenoxy) is 3. The summed E-state index contributed by atoms with van der Waals surface area (Å²) >= 11 is 0. The number of carbonyl (C=O) groups is 4. The average Bonchev–Trinajstić information content (AvgIpc) is 2.53. The summed E-state index contributed by atoms with van der Waals surface area (Å²) < 4.78 is 13.5. The van der Waals surface area contributed by atoms with Crippen LogP contribution in [-0.4, -0.2) is 37.6 Å². The van der Waals surface area contributed by atoms with Crippen molar-refractivity contribution >= 4 is 23.9 Å². The second-order valence-electron chi connectivity index (χ2n) is 4.28. The third kappa shape index (κ3) is 8.15. The van der Waals surface area contributed by atoms with Crippen molar-refractivity contribution in [2.45, 2.75) is 12.8 Å². The lowest BCUT2D eigenvalue weighted by atomic mass is 10.2. The highest BCUT2D eigenvalue weighted by molar-refractivity contribution is 5.91. The maximum Gasteiger partial charge on any atom is 0.331 e. The maximum atomic E-state index is 11.5. The van der Waals surface area contributed by atoms with E-state index in [0.717, 1.165) is 17.7 Å². The molecule has 0 fully saturated rings. The molecule has 0 aliphatic carbocycles. The molecule has 1 rings (SSSR count). The molecule has 0 spiro atoms. The summed E-state index contributed by atoms with van der Waals surface area (Å²) in [5.41, 5.74) is 0.727. The van der Waals surface area contributed by atoms with Crippen molar-refractivity contribution in [3.63, 3.8) is 0 Å². The maximum absolute atomic E-state index is 11.5. The Morgan fingerprint density at radius 2 is 1.61 bits per heavy atom. The standard InChI is InChI=1S/C16H16O7/c1-21-13(17)7-8-14(18)22-10-9-15(19)23-16(20)11-12-5-3-2-4-6-12/h2-8H,9-11H2,1H3/b8-7-. The van der Waals surface area contributed by atoms with Crippen LogP contribution in [0.25, 0.3) is 0 Å². The van der Waals surface area contributed by atoms with Crippen molar-refractivity contribution in [1.82, 2.24) is 0 Å². The van der Waals surface area contributed by atoms with Gasteiger partial charge in [0.25, 0.3) is 0 Å². The summed E-state index contributed by atoms with van der Waals surface area (Å²) in [4.78, 5) is 44.8. The molecule has 0 aliphatic rings. The molecule has 0 heterocycles. The number of rotatable bonds is 7. The van der Waals surface area contributed by atoms with Gasteiger partial charge < -0.3 is 14.2 Å². The minimum atomic E-state index is -0.807. The molecule has 0 amide bonds. The van der Waals surface area contributed by atoms with Gasteiger partial charge in [-0.25, -0.2) is 9.59 Å². The Hall–Kier alpha value is -2.96. The number of benzene rings is 1. The van der Waals surface area contributed by atoms with Crippen molar-refractivity contribution < 1.29 is 33.4 Å². The van der Waals surface area contributed by atoms with Gasteiger partial charge in [0.2, 0.25) is 0 Å². The summed E-state index contributed by atoms with van der Waals surface area (Å²) in [5.74, 6) is -2.99. The van der Waals surface area contributed by atoms with E-state index in [4.69, 9.17) is 0 Å². The number of esters is 4. The fourth-order valence-corrected chi connectivity index (χ4v) is 1.46. The van der Waals surface area contributed by atoms with Crippen molar-refractivity contribution in [2.24, 2.45) is 0 Å². The van der Waals surface area contributed by atoms with Gasteiger partial charge in [-0.15, -0.1) is 0 Å². The monoisotopic (exact) mass is 320 g/mol. The molecular weight excluding hydrogens is 304 g/mol. The van der Waals surface area contributed by atoms with E-state index < -0.39 is 23.9 Å². The van der Waals surface area contributed by atoms with Crippen LogP contribution in [0.15, 0.2) is 42.5 Å². The number of hydrogen-bond acceptors (Lipinski definition) is 7. The van der Waals surface area contributed by atoms with E-state index in [1.807, 2.05) is 6.07 Å². The van der Waals surface area contributed by atoms with Gasteiger partial charge in [-0.1, -0.05) is 30.3 Å². The summed E-state index contributed by atoms with van der Waals surface area (Å²) in [7, 11) is 1.17. The first kappa shape index (κ1) is 18.1. The van der Waals surface area contributed by atoms with Gasteiger partial charge >= 0.3 is 23.9 Å². The Morgan fingerprint density at radius 3 is 2.26 bits per heavy atom. The molecule has 0 unspecified atom stereocenters. The van der Waals surface area contributed by atoms with Crippen molar-refractivity contribution in [3.05, 3.63) is 48.0 Å². The summed E-state index contributed by atoms with van der Waals surface area (Å²) in [6, 6.07) is 8.82. The first-order valence-electron chi connectivity index (χ1n) is 6.71. The lowest BCUT2D eigenvalue weighted by Gasteiger charge is -2.04. The number of methoxy groups -OCH3 is 1. The Bertz CT molecular complexity index is 590. The van der Waals surface area contributed by atoms with Crippen LogP contribution in [0, 0.1) is 0 Å². The summed E-state index contributed by atoms with van der Waals surface area (Å²) in [5, 5.41) is 0. The van der Waals surface area contributed by atoms with E-state index in [0.29, 0.717) is 0 Å². The summed E-state index contributed by atoms with van der Waals surface area (Å²) in [6.07, 6.45) is 1.48. The lowest BCUT2D eigenvalue weighted by Crippen LogP contribution is -2.16. The molecule has 1 aromatic carbocycles. The summed E-state index contributed by atoms with van der Waals surface area (Å²) in [6.45, 7) is -0.262. The molecule has 0 saturated carbocycles. The average molecular weight is 320 g/mol. The van der Waals surface area contributed by atoms with Crippen LogP contribution in [0.3, 0.4) is 0 Å². The predicted octanol–water partition coefficient (Wildman–Crippen LogP) is 0.961. The molecule has 7 nitrogen and oxygen atoms in total. The predicted molar refractivity (Wildman–Crippen MR) is 78.0 cm³/mol. The molecule has 0 radical (unpaired) electrons. The van der Waals surface area contributed by atoms with Crippen LogP contribution in [0.2, 0.25) is 0 Å². The van der Waals surface area contributed by atoms with Gasteiger partial charge in [0.1, 0.15) is 6.61 Å². The van der Waals surface area contributed by atoms with E-state index in [1.54, 1.807) is 24.3 Å². The highest BCUT2D eigenvalue weighted by Gasteiger charge is 2.12. The Morgan fingerprint density at radius 1 is 0.957 bits per heavy atom. The van der Waals surface area contributed by atoms with Crippen LogP contribution in [0.1, 0.15) is 12.0 Å². The van der Waals surface area contributed by atoms with Gasteiger partial charge in [-0.05, 0) is 5.56 Å². The molecular formula is C16H16O7. The van der Waals surface area contributed by atoms with Gasteiger partial charge in [0.15, 0.2) is 0 Å². The normalized spacial score (nSPS) is 10.1. The highest BCUT2D eigenvalue weighted by atomic mass is 16.6. The second-order valence-corrected chi connectivity index (χ2v) is 4.28. The van der Waals surface area contributed by atoms with Crippen molar-refractivity contribution in [2.75, 3.05) is 13.7 Å². The van der Waals surface area contributed by atoms with Crippen LogP contribution < -0.4 is 0 Å². The van der Waals surface area contributed by atoms with E-state index >= 15 is 0 Å². The van der Waals surface area contributed by atoms with E-state index in [-0.39, 0.29) is 19.4 Å². The largest absolute Gasteiger partial charge is 0.466 e. The van der Waals surface area contributed by atoms with Gasteiger partial charge in [-0.2, -0.15) is 0 Å². The number of hydrogen-bond donors (Lipinski definition) is 0. The molecule has 0 bridgehead atoms. The van der Waals surface area contributed by atoms with Crippen LogP contribution in [-0.2, 0) is 39.8 Å².